The van der Waals surface area contributed by atoms with Gasteiger partial charge in [-0.15, -0.1) is 0 Å². The van der Waals surface area contributed by atoms with E-state index in [2.05, 4.69) is 37.2 Å². The summed E-state index contributed by atoms with van der Waals surface area (Å²) in [7, 11) is 0. The van der Waals surface area contributed by atoms with Crippen LogP contribution in [0.5, 0.6) is 11.5 Å². The lowest BCUT2D eigenvalue weighted by Crippen LogP contribution is -2.19. The number of benzene rings is 2. The molecular formula is C14H9Br2ClN2O2. The Hall–Kier alpha value is -1.08. The van der Waals surface area contributed by atoms with Crippen LogP contribution in [-0.4, -0.2) is 5.91 Å². The van der Waals surface area contributed by atoms with Gasteiger partial charge in [0.2, 0.25) is 5.91 Å². The highest BCUT2D eigenvalue weighted by Crippen LogP contribution is 2.41. The zero-order chi connectivity index (χ0) is 15.1. The molecule has 1 atom stereocenters. The Bertz CT molecular complexity index is 752. The second kappa shape index (κ2) is 5.61. The van der Waals surface area contributed by atoms with Crippen LogP contribution in [0.4, 0.5) is 5.69 Å². The van der Waals surface area contributed by atoms with Crippen LogP contribution >= 0.6 is 43.5 Å². The molecule has 0 saturated heterocycles. The standard InChI is InChI=1S/C14H9Br2ClN2O2/c15-6-1-2-11(8(16)3-6)21-12-5-10-7(4-9(12)17)13(18)14(20)19-10/h1-5,13H,18H2,(H,19,20). The molecule has 1 unspecified atom stereocenters. The van der Waals surface area contributed by atoms with E-state index in [0.29, 0.717) is 27.8 Å². The van der Waals surface area contributed by atoms with Crippen LogP contribution in [0.3, 0.4) is 0 Å². The SMILES string of the molecule is NC1C(=O)Nc2cc(Oc3ccc(Br)cc3Br)c(Cl)cc21. The van der Waals surface area contributed by atoms with Crippen molar-refractivity contribution in [1.29, 1.82) is 0 Å². The second-order valence-corrected chi connectivity index (χ2v) is 6.69. The van der Waals surface area contributed by atoms with Gasteiger partial charge in [0.1, 0.15) is 17.5 Å². The maximum atomic E-state index is 11.6. The summed E-state index contributed by atoms with van der Waals surface area (Å²) < 4.78 is 7.52. The molecule has 1 heterocycles. The lowest BCUT2D eigenvalue weighted by Gasteiger charge is -2.11. The number of nitrogens with one attached hydrogen (secondary N) is 1. The first-order chi connectivity index (χ1) is 9.95. The minimum Gasteiger partial charge on any atom is -0.455 e. The van der Waals surface area contributed by atoms with E-state index in [1.165, 1.54) is 0 Å². The molecule has 1 aliphatic rings. The van der Waals surface area contributed by atoms with E-state index in [1.807, 2.05) is 18.2 Å². The van der Waals surface area contributed by atoms with Gasteiger partial charge in [-0.05, 0) is 40.2 Å². The smallest absolute Gasteiger partial charge is 0.245 e. The lowest BCUT2D eigenvalue weighted by atomic mass is 10.1. The molecule has 0 aromatic heterocycles. The first-order valence-electron chi connectivity index (χ1n) is 5.98. The fourth-order valence-electron chi connectivity index (χ4n) is 2.04. The van der Waals surface area contributed by atoms with E-state index >= 15 is 0 Å². The normalized spacial score (nSPS) is 16.6. The molecule has 2 aromatic carbocycles. The summed E-state index contributed by atoms with van der Waals surface area (Å²) in [5.74, 6) is 0.824. The predicted molar refractivity (Wildman–Crippen MR) is 88.9 cm³/mol. The molecule has 21 heavy (non-hydrogen) atoms. The number of ether oxygens (including phenoxy) is 1. The fraction of sp³-hybridized carbons (Fsp3) is 0.0714. The Kier molecular flexibility index (Phi) is 3.96. The Labute approximate surface area is 142 Å². The van der Waals surface area contributed by atoms with Crippen LogP contribution < -0.4 is 15.8 Å². The van der Waals surface area contributed by atoms with Crippen molar-refractivity contribution >= 4 is 55.1 Å². The van der Waals surface area contributed by atoms with Gasteiger partial charge in [0.05, 0.1) is 9.50 Å². The van der Waals surface area contributed by atoms with E-state index in [4.69, 9.17) is 22.1 Å². The number of nitrogens with two attached hydrogens (primary N) is 1. The summed E-state index contributed by atoms with van der Waals surface area (Å²) in [5.41, 5.74) is 7.08. The molecule has 0 radical (unpaired) electrons. The van der Waals surface area contributed by atoms with Gasteiger partial charge in [0.25, 0.3) is 0 Å². The highest BCUT2D eigenvalue weighted by atomic mass is 79.9. The minimum absolute atomic E-state index is 0.247. The van der Waals surface area contributed by atoms with E-state index in [-0.39, 0.29) is 5.91 Å². The molecule has 1 amide bonds. The molecular weight excluding hydrogens is 423 g/mol. The van der Waals surface area contributed by atoms with Crippen LogP contribution in [0.1, 0.15) is 11.6 Å². The van der Waals surface area contributed by atoms with Crippen LogP contribution in [0.25, 0.3) is 0 Å². The third-order valence-electron chi connectivity index (χ3n) is 3.09. The topological polar surface area (TPSA) is 64.4 Å². The Morgan fingerprint density at radius 2 is 1.95 bits per heavy atom. The van der Waals surface area contributed by atoms with E-state index in [1.54, 1.807) is 12.1 Å². The van der Waals surface area contributed by atoms with Crippen LogP contribution in [-0.2, 0) is 4.79 Å². The molecule has 0 bridgehead atoms. The third kappa shape index (κ3) is 2.81. The Balaban J connectivity index is 1.97. The summed E-state index contributed by atoms with van der Waals surface area (Å²) in [5, 5.41) is 3.10. The molecule has 3 N–H and O–H groups in total. The van der Waals surface area contributed by atoms with E-state index < -0.39 is 6.04 Å². The number of fused-ring (bicyclic) bond motifs is 1. The summed E-state index contributed by atoms with van der Waals surface area (Å²) in [6.07, 6.45) is 0. The predicted octanol–water partition coefficient (Wildman–Crippen LogP) is 4.61. The maximum absolute atomic E-state index is 11.6. The first-order valence-corrected chi connectivity index (χ1v) is 7.95. The highest BCUT2D eigenvalue weighted by molar-refractivity contribution is 9.11. The summed E-state index contributed by atoms with van der Waals surface area (Å²) in [6.45, 7) is 0. The van der Waals surface area contributed by atoms with Gasteiger partial charge in [-0.25, -0.2) is 0 Å². The number of amides is 1. The zero-order valence-corrected chi connectivity index (χ0v) is 14.4. The second-order valence-electron chi connectivity index (χ2n) is 4.51. The maximum Gasteiger partial charge on any atom is 0.245 e. The minimum atomic E-state index is -0.689. The van der Waals surface area contributed by atoms with Gasteiger partial charge in [-0.3, -0.25) is 4.79 Å². The number of halogens is 3. The van der Waals surface area contributed by atoms with Crippen molar-refractivity contribution in [2.24, 2.45) is 5.73 Å². The summed E-state index contributed by atoms with van der Waals surface area (Å²) in [6, 6.07) is 8.18. The summed E-state index contributed by atoms with van der Waals surface area (Å²) >= 11 is 13.0. The van der Waals surface area contributed by atoms with Crippen molar-refractivity contribution in [2.45, 2.75) is 6.04 Å². The Morgan fingerprint density at radius 3 is 2.67 bits per heavy atom. The van der Waals surface area contributed by atoms with E-state index in [9.17, 15) is 4.79 Å². The average Bonchev–Trinajstić information content (AvgIpc) is 2.69. The number of hydrogen-bond acceptors (Lipinski definition) is 3. The first kappa shape index (κ1) is 14.8. The fourth-order valence-corrected chi connectivity index (χ4v) is 3.38. The molecule has 1 aliphatic heterocycles. The number of hydrogen-bond donors (Lipinski definition) is 2. The average molecular weight is 432 g/mol. The van der Waals surface area contributed by atoms with Crippen LogP contribution in [0, 0.1) is 0 Å². The van der Waals surface area contributed by atoms with Crippen LogP contribution in [0.15, 0.2) is 39.3 Å². The quantitative estimate of drug-likeness (QED) is 0.729. The molecule has 0 saturated carbocycles. The van der Waals surface area contributed by atoms with Crippen molar-refractivity contribution < 1.29 is 9.53 Å². The lowest BCUT2D eigenvalue weighted by molar-refractivity contribution is -0.116. The monoisotopic (exact) mass is 430 g/mol. The molecule has 4 nitrogen and oxygen atoms in total. The van der Waals surface area contributed by atoms with Gasteiger partial charge in [-0.2, -0.15) is 0 Å². The summed E-state index contributed by atoms with van der Waals surface area (Å²) in [4.78, 5) is 11.6. The van der Waals surface area contributed by atoms with Crippen molar-refractivity contribution in [3.8, 4) is 11.5 Å². The zero-order valence-electron chi connectivity index (χ0n) is 10.5. The van der Waals surface area contributed by atoms with Crippen molar-refractivity contribution in [3.63, 3.8) is 0 Å². The molecule has 3 rings (SSSR count). The molecule has 108 valence electrons. The number of carbonyl (C=O) groups excluding carboxylic acids is 1. The van der Waals surface area contributed by atoms with Gasteiger partial charge < -0.3 is 15.8 Å². The van der Waals surface area contributed by atoms with Gasteiger partial charge >= 0.3 is 0 Å². The largest absolute Gasteiger partial charge is 0.455 e. The Morgan fingerprint density at radius 1 is 1.19 bits per heavy atom. The third-order valence-corrected chi connectivity index (χ3v) is 4.50. The molecule has 0 spiro atoms. The van der Waals surface area contributed by atoms with Crippen LogP contribution in [0.2, 0.25) is 5.02 Å². The van der Waals surface area contributed by atoms with Crippen molar-refractivity contribution in [3.05, 3.63) is 49.9 Å². The molecule has 2 aromatic rings. The van der Waals surface area contributed by atoms with Crippen molar-refractivity contribution in [1.82, 2.24) is 0 Å². The van der Waals surface area contributed by atoms with Crippen molar-refractivity contribution in [2.75, 3.05) is 5.32 Å². The number of anilines is 1. The van der Waals surface area contributed by atoms with Gasteiger partial charge in [0, 0.05) is 21.8 Å². The number of carbonyl (C=O) groups is 1. The highest BCUT2D eigenvalue weighted by Gasteiger charge is 2.28. The van der Waals surface area contributed by atoms with E-state index in [0.717, 1.165) is 8.95 Å². The molecule has 7 heteroatoms. The molecule has 0 fully saturated rings. The number of rotatable bonds is 2. The molecule has 0 aliphatic carbocycles. The van der Waals surface area contributed by atoms with Gasteiger partial charge in [-0.1, -0.05) is 27.5 Å². The van der Waals surface area contributed by atoms with Gasteiger partial charge in [0.15, 0.2) is 0 Å².